The Bertz CT molecular complexity index is 316. The van der Waals surface area contributed by atoms with Crippen LogP contribution in [0.2, 0.25) is 0 Å². The highest BCUT2D eigenvalue weighted by atomic mass is 15.2. The lowest BCUT2D eigenvalue weighted by molar-refractivity contribution is 0.519. The van der Waals surface area contributed by atoms with Crippen LogP contribution in [-0.2, 0) is 6.54 Å². The van der Waals surface area contributed by atoms with Gasteiger partial charge in [-0.25, -0.2) is 0 Å². The minimum atomic E-state index is 0.535. The maximum atomic E-state index is 5.62. The molecule has 0 aromatic heterocycles. The number of hydrogen-bond donors (Lipinski definition) is 1. The van der Waals surface area contributed by atoms with Gasteiger partial charge in [0.2, 0.25) is 0 Å². The van der Waals surface area contributed by atoms with Gasteiger partial charge >= 0.3 is 0 Å². The molecule has 1 aromatic carbocycles. The molecule has 1 aromatic rings. The number of rotatable bonds is 6. The van der Waals surface area contributed by atoms with Crippen molar-refractivity contribution in [3.63, 3.8) is 0 Å². The van der Waals surface area contributed by atoms with Crippen molar-refractivity contribution in [1.29, 1.82) is 0 Å². The van der Waals surface area contributed by atoms with Gasteiger partial charge in [0.1, 0.15) is 0 Å². The van der Waals surface area contributed by atoms with Crippen molar-refractivity contribution in [2.75, 3.05) is 11.4 Å². The predicted molar refractivity (Wildman–Crippen MR) is 76.3 cm³/mol. The van der Waals surface area contributed by atoms with E-state index in [1.165, 1.54) is 17.7 Å². The molecule has 0 saturated heterocycles. The highest BCUT2D eigenvalue weighted by Crippen LogP contribution is 2.20. The molecule has 0 spiro atoms. The second-order valence-electron chi connectivity index (χ2n) is 5.13. The Hall–Kier alpha value is -1.02. The van der Waals surface area contributed by atoms with E-state index in [-0.39, 0.29) is 0 Å². The molecular formula is C15H26N2. The smallest absolute Gasteiger partial charge is 0.0368 e. The number of anilines is 1. The monoisotopic (exact) mass is 234 g/mol. The third-order valence-electron chi connectivity index (χ3n) is 3.33. The van der Waals surface area contributed by atoms with Gasteiger partial charge in [0.25, 0.3) is 0 Å². The number of nitrogens with two attached hydrogens (primary N) is 1. The molecule has 0 aliphatic carbocycles. The molecule has 0 aliphatic rings. The van der Waals surface area contributed by atoms with Crippen LogP contribution >= 0.6 is 0 Å². The van der Waals surface area contributed by atoms with Crippen LogP contribution in [0, 0.1) is 5.92 Å². The van der Waals surface area contributed by atoms with Crippen LogP contribution in [0.5, 0.6) is 0 Å². The number of benzene rings is 1. The molecule has 1 unspecified atom stereocenters. The summed E-state index contributed by atoms with van der Waals surface area (Å²) < 4.78 is 0. The van der Waals surface area contributed by atoms with Crippen LogP contribution in [0.15, 0.2) is 24.3 Å². The standard InChI is InChI=1S/C15H26N2/c1-5-13(4)11-17(12(2)3)15-8-6-14(10-16)7-9-15/h6-9,12-13H,5,10-11,16H2,1-4H3. The summed E-state index contributed by atoms with van der Waals surface area (Å²) in [6, 6.07) is 9.16. The number of hydrogen-bond acceptors (Lipinski definition) is 2. The lowest BCUT2D eigenvalue weighted by atomic mass is 10.1. The Morgan fingerprint density at radius 2 is 1.71 bits per heavy atom. The first kappa shape index (κ1) is 14.0. The van der Waals surface area contributed by atoms with Crippen molar-refractivity contribution in [3.05, 3.63) is 29.8 Å². The predicted octanol–water partition coefficient (Wildman–Crippen LogP) is 3.41. The maximum Gasteiger partial charge on any atom is 0.0368 e. The van der Waals surface area contributed by atoms with E-state index < -0.39 is 0 Å². The summed E-state index contributed by atoms with van der Waals surface area (Å²) >= 11 is 0. The fourth-order valence-electron chi connectivity index (χ4n) is 1.90. The topological polar surface area (TPSA) is 29.3 Å². The van der Waals surface area contributed by atoms with Crippen molar-refractivity contribution >= 4 is 5.69 Å². The molecule has 96 valence electrons. The lowest BCUT2D eigenvalue weighted by Gasteiger charge is -2.31. The largest absolute Gasteiger partial charge is 0.369 e. The minimum Gasteiger partial charge on any atom is -0.369 e. The molecular weight excluding hydrogens is 208 g/mol. The van der Waals surface area contributed by atoms with Crippen molar-refractivity contribution in [2.24, 2.45) is 11.7 Å². The molecule has 0 fully saturated rings. The van der Waals surface area contributed by atoms with E-state index in [1.807, 2.05) is 0 Å². The van der Waals surface area contributed by atoms with Gasteiger partial charge < -0.3 is 10.6 Å². The molecule has 0 bridgehead atoms. The van der Waals surface area contributed by atoms with E-state index in [4.69, 9.17) is 5.73 Å². The second kappa shape index (κ2) is 6.65. The SMILES string of the molecule is CCC(C)CN(c1ccc(CN)cc1)C(C)C. The third kappa shape index (κ3) is 4.04. The average Bonchev–Trinajstić information content (AvgIpc) is 2.35. The van der Waals surface area contributed by atoms with Crippen LogP contribution < -0.4 is 10.6 Å². The molecule has 1 rings (SSSR count). The first-order valence-corrected chi connectivity index (χ1v) is 6.64. The summed E-state index contributed by atoms with van der Waals surface area (Å²) in [5.74, 6) is 0.728. The summed E-state index contributed by atoms with van der Waals surface area (Å²) in [5.41, 5.74) is 8.12. The fourth-order valence-corrected chi connectivity index (χ4v) is 1.90. The molecule has 0 aliphatic heterocycles. The summed E-state index contributed by atoms with van der Waals surface area (Å²) in [4.78, 5) is 2.47. The van der Waals surface area contributed by atoms with E-state index in [2.05, 4.69) is 56.9 Å². The van der Waals surface area contributed by atoms with E-state index in [9.17, 15) is 0 Å². The Kier molecular flexibility index (Phi) is 5.49. The molecule has 0 saturated carbocycles. The van der Waals surface area contributed by atoms with Gasteiger partial charge in [-0.15, -0.1) is 0 Å². The first-order valence-electron chi connectivity index (χ1n) is 6.64. The van der Waals surface area contributed by atoms with Crippen LogP contribution in [0.1, 0.15) is 39.7 Å². The van der Waals surface area contributed by atoms with Gasteiger partial charge in [0.05, 0.1) is 0 Å². The Morgan fingerprint density at radius 1 is 1.12 bits per heavy atom. The Morgan fingerprint density at radius 3 is 2.12 bits per heavy atom. The van der Waals surface area contributed by atoms with Crippen LogP contribution in [-0.4, -0.2) is 12.6 Å². The molecule has 2 heteroatoms. The summed E-state index contributed by atoms with van der Waals surface area (Å²) in [6.45, 7) is 10.8. The Labute approximate surface area is 106 Å². The molecule has 0 amide bonds. The van der Waals surface area contributed by atoms with Gasteiger partial charge in [-0.2, -0.15) is 0 Å². The second-order valence-corrected chi connectivity index (χ2v) is 5.13. The lowest BCUT2D eigenvalue weighted by Crippen LogP contribution is -2.34. The number of nitrogens with zero attached hydrogens (tertiary/aromatic N) is 1. The van der Waals surface area contributed by atoms with Crippen molar-refractivity contribution < 1.29 is 0 Å². The zero-order chi connectivity index (χ0) is 12.8. The fraction of sp³-hybridized carbons (Fsp3) is 0.600. The molecule has 17 heavy (non-hydrogen) atoms. The molecule has 0 radical (unpaired) electrons. The Balaban J connectivity index is 2.81. The van der Waals surface area contributed by atoms with Crippen LogP contribution in [0.3, 0.4) is 0 Å². The van der Waals surface area contributed by atoms with E-state index >= 15 is 0 Å². The molecule has 2 nitrogen and oxygen atoms in total. The van der Waals surface area contributed by atoms with E-state index in [0.29, 0.717) is 12.6 Å². The van der Waals surface area contributed by atoms with Crippen molar-refractivity contribution in [2.45, 2.75) is 46.7 Å². The first-order chi connectivity index (χ1) is 8.08. The summed E-state index contributed by atoms with van der Waals surface area (Å²) in [7, 11) is 0. The molecule has 2 N–H and O–H groups in total. The van der Waals surface area contributed by atoms with Gasteiger partial charge in [0, 0.05) is 24.8 Å². The normalized spacial score (nSPS) is 12.8. The highest BCUT2D eigenvalue weighted by Gasteiger charge is 2.13. The van der Waals surface area contributed by atoms with Crippen molar-refractivity contribution in [1.82, 2.24) is 0 Å². The van der Waals surface area contributed by atoms with E-state index in [0.717, 1.165) is 12.5 Å². The molecule has 0 heterocycles. The van der Waals surface area contributed by atoms with Gasteiger partial charge in [0.15, 0.2) is 0 Å². The zero-order valence-electron chi connectivity index (χ0n) is 11.6. The van der Waals surface area contributed by atoms with Crippen LogP contribution in [0.25, 0.3) is 0 Å². The van der Waals surface area contributed by atoms with Gasteiger partial charge in [-0.3, -0.25) is 0 Å². The minimum absolute atomic E-state index is 0.535. The van der Waals surface area contributed by atoms with E-state index in [1.54, 1.807) is 0 Å². The van der Waals surface area contributed by atoms with Gasteiger partial charge in [-0.05, 0) is 37.5 Å². The summed E-state index contributed by atoms with van der Waals surface area (Å²) in [6.07, 6.45) is 1.23. The average molecular weight is 234 g/mol. The summed E-state index contributed by atoms with van der Waals surface area (Å²) in [5, 5.41) is 0. The highest BCUT2D eigenvalue weighted by molar-refractivity contribution is 5.48. The maximum absolute atomic E-state index is 5.62. The van der Waals surface area contributed by atoms with Crippen LogP contribution in [0.4, 0.5) is 5.69 Å². The third-order valence-corrected chi connectivity index (χ3v) is 3.33. The van der Waals surface area contributed by atoms with Crippen molar-refractivity contribution in [3.8, 4) is 0 Å². The zero-order valence-corrected chi connectivity index (χ0v) is 11.6. The quantitative estimate of drug-likeness (QED) is 0.817. The molecule has 1 atom stereocenters. The van der Waals surface area contributed by atoms with Gasteiger partial charge in [-0.1, -0.05) is 32.4 Å².